The van der Waals surface area contributed by atoms with Crippen LogP contribution in [0.3, 0.4) is 0 Å². The van der Waals surface area contributed by atoms with Crippen LogP contribution in [-0.2, 0) is 6.42 Å². The van der Waals surface area contributed by atoms with E-state index in [0.29, 0.717) is 0 Å². The third kappa shape index (κ3) is 4.14. The Morgan fingerprint density at radius 2 is 1.41 bits per heavy atom. The standard InChI is InChI=1S/C18H23BrS3/c1-2-3-4-5-6-7-8-9-10-13-11-14-17(20-13)18-15(21-14)12-16(19)22-18/h11-12H,2-10H2,1H3. The molecule has 0 aromatic carbocycles. The van der Waals surface area contributed by atoms with Crippen LogP contribution in [0.5, 0.6) is 0 Å². The number of hydrogen-bond donors (Lipinski definition) is 0. The van der Waals surface area contributed by atoms with Crippen molar-refractivity contribution in [2.75, 3.05) is 0 Å². The first-order chi connectivity index (χ1) is 10.8. The summed E-state index contributed by atoms with van der Waals surface area (Å²) in [5, 5.41) is 0. The Bertz CT molecular complexity index is 719. The predicted octanol–water partition coefficient (Wildman–Crippen LogP) is 8.62. The fraction of sp³-hybridized carbons (Fsp3) is 0.556. The van der Waals surface area contributed by atoms with Gasteiger partial charge in [-0.3, -0.25) is 0 Å². The van der Waals surface area contributed by atoms with Crippen LogP contribution in [0.15, 0.2) is 15.9 Å². The van der Waals surface area contributed by atoms with Gasteiger partial charge in [-0.25, -0.2) is 0 Å². The Balaban J connectivity index is 1.46. The van der Waals surface area contributed by atoms with Crippen LogP contribution in [0.1, 0.15) is 63.2 Å². The molecule has 0 saturated carbocycles. The average Bonchev–Trinajstić information content (AvgIpc) is 3.12. The van der Waals surface area contributed by atoms with Gasteiger partial charge in [0.05, 0.1) is 13.2 Å². The summed E-state index contributed by atoms with van der Waals surface area (Å²) in [6, 6.07) is 4.70. The maximum Gasteiger partial charge on any atom is 0.0719 e. The van der Waals surface area contributed by atoms with Gasteiger partial charge in [-0.05, 0) is 40.9 Å². The molecule has 0 spiro atoms. The molecule has 0 amide bonds. The minimum Gasteiger partial charge on any atom is -0.138 e. The zero-order valence-corrected chi connectivity index (χ0v) is 17.2. The summed E-state index contributed by atoms with van der Waals surface area (Å²) >= 11 is 9.46. The van der Waals surface area contributed by atoms with Crippen LogP contribution in [0.4, 0.5) is 0 Å². The van der Waals surface area contributed by atoms with Gasteiger partial charge in [0, 0.05) is 14.3 Å². The van der Waals surface area contributed by atoms with Crippen molar-refractivity contribution in [3.8, 4) is 0 Å². The highest BCUT2D eigenvalue weighted by atomic mass is 79.9. The van der Waals surface area contributed by atoms with E-state index in [0.717, 1.165) is 0 Å². The molecule has 0 fully saturated rings. The van der Waals surface area contributed by atoms with E-state index in [1.54, 1.807) is 4.88 Å². The first-order valence-corrected chi connectivity index (χ1v) is 11.6. The van der Waals surface area contributed by atoms with Crippen molar-refractivity contribution in [1.82, 2.24) is 0 Å². The summed E-state index contributed by atoms with van der Waals surface area (Å²) in [7, 11) is 0. The second-order valence-corrected chi connectivity index (χ2v) is 10.6. The lowest BCUT2D eigenvalue weighted by Gasteiger charge is -2.00. The molecule has 0 aliphatic heterocycles. The van der Waals surface area contributed by atoms with Gasteiger partial charge in [0.1, 0.15) is 0 Å². The molecule has 3 aromatic rings. The van der Waals surface area contributed by atoms with Crippen LogP contribution in [0.25, 0.3) is 18.8 Å². The largest absolute Gasteiger partial charge is 0.138 e. The zero-order chi connectivity index (χ0) is 15.4. The average molecular weight is 415 g/mol. The Hall–Kier alpha value is 0.1000. The van der Waals surface area contributed by atoms with Gasteiger partial charge in [0.25, 0.3) is 0 Å². The van der Waals surface area contributed by atoms with Crippen LogP contribution >= 0.6 is 49.9 Å². The van der Waals surface area contributed by atoms with Crippen LogP contribution in [0, 0.1) is 0 Å². The number of unbranched alkanes of at least 4 members (excludes halogenated alkanes) is 7. The monoisotopic (exact) mass is 414 g/mol. The Kier molecular flexibility index (Phi) is 6.37. The van der Waals surface area contributed by atoms with Gasteiger partial charge in [0.15, 0.2) is 0 Å². The molecule has 22 heavy (non-hydrogen) atoms. The van der Waals surface area contributed by atoms with E-state index in [1.807, 2.05) is 34.0 Å². The number of thiophene rings is 3. The number of rotatable bonds is 9. The Labute approximate surface area is 153 Å². The van der Waals surface area contributed by atoms with Crippen molar-refractivity contribution in [1.29, 1.82) is 0 Å². The second kappa shape index (κ2) is 8.27. The smallest absolute Gasteiger partial charge is 0.0719 e. The van der Waals surface area contributed by atoms with Gasteiger partial charge in [-0.1, -0.05) is 51.9 Å². The van der Waals surface area contributed by atoms with Crippen molar-refractivity contribution in [3.63, 3.8) is 0 Å². The molecule has 3 rings (SSSR count). The number of hydrogen-bond acceptors (Lipinski definition) is 3. The van der Waals surface area contributed by atoms with Crippen molar-refractivity contribution in [2.24, 2.45) is 0 Å². The van der Waals surface area contributed by atoms with Gasteiger partial charge >= 0.3 is 0 Å². The van der Waals surface area contributed by atoms with Crippen molar-refractivity contribution >= 4 is 68.7 Å². The van der Waals surface area contributed by atoms with Crippen molar-refractivity contribution in [3.05, 3.63) is 20.8 Å². The van der Waals surface area contributed by atoms with Crippen LogP contribution in [-0.4, -0.2) is 0 Å². The van der Waals surface area contributed by atoms with E-state index in [2.05, 4.69) is 35.0 Å². The number of aryl methyl sites for hydroxylation is 1. The third-order valence-corrected chi connectivity index (χ3v) is 8.46. The van der Waals surface area contributed by atoms with E-state index in [1.165, 1.54) is 80.4 Å². The number of halogens is 1. The van der Waals surface area contributed by atoms with Crippen molar-refractivity contribution < 1.29 is 0 Å². The highest BCUT2D eigenvalue weighted by Crippen LogP contribution is 2.45. The molecular formula is C18H23BrS3. The van der Waals surface area contributed by atoms with E-state index in [9.17, 15) is 0 Å². The topological polar surface area (TPSA) is 0 Å². The molecule has 0 bridgehead atoms. The molecular weight excluding hydrogens is 392 g/mol. The third-order valence-electron chi connectivity index (χ3n) is 4.12. The van der Waals surface area contributed by atoms with Crippen LogP contribution in [0.2, 0.25) is 0 Å². The van der Waals surface area contributed by atoms with Gasteiger partial charge in [0.2, 0.25) is 0 Å². The molecule has 0 radical (unpaired) electrons. The summed E-state index contributed by atoms with van der Waals surface area (Å²) < 4.78 is 7.20. The summed E-state index contributed by atoms with van der Waals surface area (Å²) in [4.78, 5) is 1.58. The van der Waals surface area contributed by atoms with Crippen LogP contribution < -0.4 is 0 Å². The quantitative estimate of drug-likeness (QED) is 0.307. The fourth-order valence-electron chi connectivity index (χ4n) is 2.91. The minimum absolute atomic E-state index is 1.26. The Morgan fingerprint density at radius 3 is 2.18 bits per heavy atom. The summed E-state index contributed by atoms with van der Waals surface area (Å²) in [6.45, 7) is 2.29. The molecule has 0 nitrogen and oxygen atoms in total. The van der Waals surface area contributed by atoms with E-state index >= 15 is 0 Å². The molecule has 0 saturated heterocycles. The summed E-state index contributed by atoms with van der Waals surface area (Å²) in [6.07, 6.45) is 12.5. The first kappa shape index (κ1) is 16.9. The number of fused-ring (bicyclic) bond motifs is 3. The van der Waals surface area contributed by atoms with Gasteiger partial charge in [-0.2, -0.15) is 0 Å². The van der Waals surface area contributed by atoms with Gasteiger partial charge in [-0.15, -0.1) is 34.0 Å². The zero-order valence-electron chi connectivity index (χ0n) is 13.1. The lowest BCUT2D eigenvalue weighted by molar-refractivity contribution is 0.576. The normalized spacial score (nSPS) is 11.9. The SMILES string of the molecule is CCCCCCCCCCc1cc2sc3cc(Br)sc3c2s1. The van der Waals surface area contributed by atoms with E-state index < -0.39 is 0 Å². The van der Waals surface area contributed by atoms with Crippen molar-refractivity contribution in [2.45, 2.75) is 64.7 Å². The fourth-order valence-corrected chi connectivity index (χ4v) is 7.59. The van der Waals surface area contributed by atoms with E-state index in [-0.39, 0.29) is 0 Å². The molecule has 0 unspecified atom stereocenters. The lowest BCUT2D eigenvalue weighted by Crippen LogP contribution is -1.83. The maximum atomic E-state index is 3.61. The van der Waals surface area contributed by atoms with E-state index in [4.69, 9.17) is 0 Å². The summed E-state index contributed by atoms with van der Waals surface area (Å²) in [5.41, 5.74) is 0. The predicted molar refractivity (Wildman–Crippen MR) is 109 cm³/mol. The molecule has 0 aliphatic rings. The highest BCUT2D eigenvalue weighted by Gasteiger charge is 2.12. The summed E-state index contributed by atoms with van der Waals surface area (Å²) in [5.74, 6) is 0. The molecule has 4 heteroatoms. The molecule has 0 aliphatic carbocycles. The van der Waals surface area contributed by atoms with Gasteiger partial charge < -0.3 is 0 Å². The molecule has 120 valence electrons. The molecule has 3 heterocycles. The minimum atomic E-state index is 1.26. The molecule has 0 N–H and O–H groups in total. The molecule has 0 atom stereocenters. The first-order valence-electron chi connectivity index (χ1n) is 8.38. The lowest BCUT2D eigenvalue weighted by atomic mass is 10.1. The molecule has 3 aromatic heterocycles. The maximum absolute atomic E-state index is 3.61. The second-order valence-electron chi connectivity index (χ2n) is 5.98. The highest BCUT2D eigenvalue weighted by molar-refractivity contribution is 9.11. The Morgan fingerprint density at radius 1 is 0.773 bits per heavy atom.